The lowest BCUT2D eigenvalue weighted by molar-refractivity contribution is 0.0909. The Kier molecular flexibility index (Phi) is 6.41. The Balaban J connectivity index is 2.70. The van der Waals surface area contributed by atoms with Gasteiger partial charge in [0.15, 0.2) is 0 Å². The van der Waals surface area contributed by atoms with Gasteiger partial charge in [-0.3, -0.25) is 0 Å². The fourth-order valence-corrected chi connectivity index (χ4v) is 5.66. The highest BCUT2D eigenvalue weighted by molar-refractivity contribution is 5.43. The molecule has 0 amide bonds. The molecule has 1 aromatic rings. The molecule has 0 bridgehead atoms. The van der Waals surface area contributed by atoms with Gasteiger partial charge in [-0.05, 0) is 80.1 Å². The normalized spacial score (nSPS) is 17.7. The Morgan fingerprint density at radius 2 is 1.81 bits per heavy atom. The molecule has 146 valence electrons. The van der Waals surface area contributed by atoms with E-state index in [1.807, 2.05) is 6.20 Å². The Morgan fingerprint density at radius 1 is 1.22 bits per heavy atom. The zero-order chi connectivity index (χ0) is 20.4. The third-order valence-electron chi connectivity index (χ3n) is 6.65. The van der Waals surface area contributed by atoms with E-state index >= 15 is 0 Å². The van der Waals surface area contributed by atoms with E-state index in [1.165, 1.54) is 60.0 Å². The molecule has 1 heteroatoms. The minimum absolute atomic E-state index is 0.0537. The molecule has 1 aliphatic carbocycles. The van der Waals surface area contributed by atoms with Crippen LogP contribution < -0.4 is 0 Å². The molecule has 1 heterocycles. The van der Waals surface area contributed by atoms with Gasteiger partial charge in [0.2, 0.25) is 0 Å². The lowest BCUT2D eigenvalue weighted by Gasteiger charge is -2.51. The van der Waals surface area contributed by atoms with Crippen molar-refractivity contribution in [3.63, 3.8) is 0 Å². The number of hydrogen-bond acceptors (Lipinski definition) is 1. The molecule has 1 aromatic heterocycles. The third-order valence-corrected chi connectivity index (χ3v) is 6.65. The summed E-state index contributed by atoms with van der Waals surface area (Å²) in [7, 11) is 0. The molecule has 0 saturated heterocycles. The molecule has 1 unspecified atom stereocenters. The summed E-state index contributed by atoms with van der Waals surface area (Å²) in [5, 5.41) is 0. The number of pyridine rings is 1. The van der Waals surface area contributed by atoms with Crippen LogP contribution in [0.3, 0.4) is 0 Å². The van der Waals surface area contributed by atoms with E-state index in [4.69, 9.17) is 6.42 Å². The number of rotatable bonds is 5. The van der Waals surface area contributed by atoms with Crippen molar-refractivity contribution in [2.75, 3.05) is 0 Å². The molecule has 0 aromatic carbocycles. The van der Waals surface area contributed by atoms with Gasteiger partial charge in [-0.25, -0.2) is 4.98 Å². The van der Waals surface area contributed by atoms with Crippen LogP contribution in [0.2, 0.25) is 0 Å². The van der Waals surface area contributed by atoms with Crippen molar-refractivity contribution < 1.29 is 0 Å². The van der Waals surface area contributed by atoms with Crippen LogP contribution in [0.5, 0.6) is 0 Å². The molecule has 1 atom stereocenters. The number of hydrogen-bond donors (Lipinski definition) is 0. The second kappa shape index (κ2) is 8.05. The van der Waals surface area contributed by atoms with Gasteiger partial charge in [0.25, 0.3) is 0 Å². The van der Waals surface area contributed by atoms with Crippen molar-refractivity contribution >= 4 is 0 Å². The van der Waals surface area contributed by atoms with Crippen molar-refractivity contribution in [3.8, 4) is 12.3 Å². The summed E-state index contributed by atoms with van der Waals surface area (Å²) in [6.45, 7) is 20.5. The zero-order valence-electron chi connectivity index (χ0n) is 18.5. The Hall–Kier alpha value is -1.81. The molecule has 1 fully saturated rings. The molecule has 27 heavy (non-hydrogen) atoms. The number of nitrogens with zero attached hydrogens (tertiary/aromatic N) is 1. The largest absolute Gasteiger partial charge is 0.247 e. The Labute approximate surface area is 167 Å². The summed E-state index contributed by atoms with van der Waals surface area (Å²) in [5.74, 6) is 3.08. The van der Waals surface area contributed by atoms with Gasteiger partial charge < -0.3 is 0 Å². The quantitative estimate of drug-likeness (QED) is 0.400. The highest BCUT2D eigenvalue weighted by Crippen LogP contribution is 2.55. The maximum absolute atomic E-state index is 5.57. The maximum atomic E-state index is 5.57. The average molecular weight is 364 g/mol. The monoisotopic (exact) mass is 363 g/mol. The minimum Gasteiger partial charge on any atom is -0.247 e. The highest BCUT2D eigenvalue weighted by atomic mass is 14.7. The SMILES string of the molecule is C#Cc1cc(C)c(C(C)(C)C(C(C(=C)C)=C(C)C)C2(C)CCCCC2)cn1. The van der Waals surface area contributed by atoms with E-state index in [9.17, 15) is 0 Å². The molecule has 1 aliphatic rings. The number of aromatic nitrogens is 1. The van der Waals surface area contributed by atoms with E-state index in [2.05, 4.69) is 72.0 Å². The van der Waals surface area contributed by atoms with Crippen LogP contribution in [0, 0.1) is 30.6 Å². The summed E-state index contributed by atoms with van der Waals surface area (Å²) < 4.78 is 0. The highest BCUT2D eigenvalue weighted by Gasteiger charge is 2.47. The van der Waals surface area contributed by atoms with Crippen molar-refractivity contribution in [1.82, 2.24) is 4.98 Å². The molecule has 0 N–H and O–H groups in total. The number of terminal acetylenes is 1. The van der Waals surface area contributed by atoms with Gasteiger partial charge >= 0.3 is 0 Å². The Bertz CT molecular complexity index is 775. The standard InChI is InChI=1S/C26H37N/c1-10-21-16-20(6)22(17-27-21)25(7,8)24(23(18(2)3)19(4)5)26(9)14-12-11-13-15-26/h1,16-17,24H,2,11-15H2,3-9H3. The zero-order valence-corrected chi connectivity index (χ0v) is 18.5. The summed E-state index contributed by atoms with van der Waals surface area (Å²) in [5.41, 5.74) is 7.51. The minimum atomic E-state index is -0.0537. The van der Waals surface area contributed by atoms with E-state index in [0.29, 0.717) is 5.92 Å². The summed E-state index contributed by atoms with van der Waals surface area (Å²) in [6.07, 6.45) is 14.1. The van der Waals surface area contributed by atoms with Crippen molar-refractivity contribution in [2.24, 2.45) is 11.3 Å². The second-order valence-corrected chi connectivity index (χ2v) is 9.59. The van der Waals surface area contributed by atoms with Crippen LogP contribution in [0.4, 0.5) is 0 Å². The lowest BCUT2D eigenvalue weighted by atomic mass is 9.53. The summed E-state index contributed by atoms with van der Waals surface area (Å²) >= 11 is 0. The van der Waals surface area contributed by atoms with Gasteiger partial charge in [0.1, 0.15) is 5.69 Å². The molecule has 1 nitrogen and oxygen atoms in total. The predicted molar refractivity (Wildman–Crippen MR) is 118 cm³/mol. The Morgan fingerprint density at radius 3 is 2.26 bits per heavy atom. The first-order valence-electron chi connectivity index (χ1n) is 10.3. The first-order valence-corrected chi connectivity index (χ1v) is 10.3. The number of allylic oxidation sites excluding steroid dienone is 3. The van der Waals surface area contributed by atoms with Gasteiger partial charge in [0, 0.05) is 6.20 Å². The van der Waals surface area contributed by atoms with Crippen LogP contribution in [-0.4, -0.2) is 4.98 Å². The molecule has 0 aliphatic heterocycles. The van der Waals surface area contributed by atoms with Gasteiger partial charge in [-0.15, -0.1) is 6.42 Å². The van der Waals surface area contributed by atoms with Crippen LogP contribution in [0.25, 0.3) is 0 Å². The van der Waals surface area contributed by atoms with Gasteiger partial charge in [0.05, 0.1) is 0 Å². The third kappa shape index (κ3) is 4.21. The van der Waals surface area contributed by atoms with E-state index in [1.54, 1.807) is 0 Å². The molecule has 0 spiro atoms. The fraction of sp³-hybridized carbons (Fsp3) is 0.577. The van der Waals surface area contributed by atoms with Gasteiger partial charge in [-0.1, -0.05) is 63.7 Å². The van der Waals surface area contributed by atoms with Crippen molar-refractivity contribution in [1.29, 1.82) is 0 Å². The molecular weight excluding hydrogens is 326 g/mol. The summed E-state index contributed by atoms with van der Waals surface area (Å²) in [6, 6.07) is 2.06. The first kappa shape index (κ1) is 21.5. The first-order chi connectivity index (χ1) is 12.5. The number of aryl methyl sites for hydroxylation is 1. The summed E-state index contributed by atoms with van der Waals surface area (Å²) in [4.78, 5) is 4.55. The maximum Gasteiger partial charge on any atom is 0.113 e. The smallest absolute Gasteiger partial charge is 0.113 e. The van der Waals surface area contributed by atoms with Crippen LogP contribution in [0.1, 0.15) is 90.5 Å². The van der Waals surface area contributed by atoms with E-state index < -0.39 is 0 Å². The average Bonchev–Trinajstić information content (AvgIpc) is 2.58. The van der Waals surface area contributed by atoms with Crippen LogP contribution >= 0.6 is 0 Å². The topological polar surface area (TPSA) is 12.9 Å². The van der Waals surface area contributed by atoms with Crippen LogP contribution in [-0.2, 0) is 5.41 Å². The lowest BCUT2D eigenvalue weighted by Crippen LogP contribution is -2.44. The van der Waals surface area contributed by atoms with Crippen molar-refractivity contribution in [2.45, 2.75) is 86.0 Å². The van der Waals surface area contributed by atoms with Crippen molar-refractivity contribution in [3.05, 3.63) is 52.4 Å². The molecular formula is C26H37N. The molecule has 1 saturated carbocycles. The van der Waals surface area contributed by atoms with Crippen LogP contribution in [0.15, 0.2) is 35.6 Å². The predicted octanol–water partition coefficient (Wildman–Crippen LogP) is 7.15. The fourth-order valence-electron chi connectivity index (χ4n) is 5.66. The van der Waals surface area contributed by atoms with E-state index in [0.717, 1.165) is 5.69 Å². The molecule has 0 radical (unpaired) electrons. The molecule has 2 rings (SSSR count). The van der Waals surface area contributed by atoms with E-state index in [-0.39, 0.29) is 10.8 Å². The van der Waals surface area contributed by atoms with Gasteiger partial charge in [-0.2, -0.15) is 0 Å². The second-order valence-electron chi connectivity index (χ2n) is 9.59.